The zero-order valence-electron chi connectivity index (χ0n) is 20.3. The van der Waals surface area contributed by atoms with Crippen LogP contribution >= 0.6 is 0 Å². The van der Waals surface area contributed by atoms with Crippen LogP contribution in [0.2, 0.25) is 0 Å². The fourth-order valence-electron chi connectivity index (χ4n) is 4.48. The van der Waals surface area contributed by atoms with Gasteiger partial charge in [0.25, 0.3) is 0 Å². The minimum absolute atomic E-state index is 0.0327. The molecule has 7 nitrogen and oxygen atoms in total. The molecule has 1 saturated heterocycles. The van der Waals surface area contributed by atoms with Crippen molar-refractivity contribution in [1.29, 1.82) is 0 Å². The Morgan fingerprint density at radius 1 is 1.41 bits per heavy atom. The Balaban J connectivity index is 2.58. The number of hydrogen-bond donors (Lipinski definition) is 1. The first-order valence-electron chi connectivity index (χ1n) is 11.0. The number of nitrogens with zero attached hydrogens (tertiary/aromatic N) is 3. The molecule has 1 fully saturated rings. The van der Waals surface area contributed by atoms with Crippen LogP contribution in [-0.4, -0.2) is 73.3 Å². The van der Waals surface area contributed by atoms with E-state index >= 15 is 0 Å². The summed E-state index contributed by atoms with van der Waals surface area (Å²) in [4.78, 5) is 21.4. The molecule has 1 aromatic rings. The molecule has 0 saturated carbocycles. The van der Waals surface area contributed by atoms with E-state index in [4.69, 9.17) is 15.2 Å². The van der Waals surface area contributed by atoms with Crippen molar-refractivity contribution in [3.8, 4) is 0 Å². The Hall–Kier alpha value is -2.29. The average Bonchev–Trinajstić information content (AvgIpc) is 2.99. The van der Waals surface area contributed by atoms with E-state index in [1.54, 1.807) is 7.11 Å². The van der Waals surface area contributed by atoms with Gasteiger partial charge in [-0.3, -0.25) is 14.8 Å². The van der Waals surface area contributed by atoms with E-state index in [0.29, 0.717) is 30.1 Å². The van der Waals surface area contributed by atoms with Crippen molar-refractivity contribution in [3.05, 3.63) is 46.8 Å². The van der Waals surface area contributed by atoms with Gasteiger partial charge in [0.2, 0.25) is 0 Å². The number of likely N-dealkylation sites (N-methyl/N-ethyl adjacent to an activating group) is 1. The van der Waals surface area contributed by atoms with Crippen LogP contribution in [0.4, 0.5) is 4.39 Å². The quantitative estimate of drug-likeness (QED) is 0.355. The first-order valence-corrected chi connectivity index (χ1v) is 11.0. The van der Waals surface area contributed by atoms with Crippen LogP contribution in [0, 0.1) is 5.82 Å². The van der Waals surface area contributed by atoms with Gasteiger partial charge in [0.1, 0.15) is 11.7 Å². The second kappa shape index (κ2) is 11.0. The molecular formula is C24H37FN4O3. The lowest BCUT2D eigenvalue weighted by atomic mass is 9.97. The summed E-state index contributed by atoms with van der Waals surface area (Å²) in [6.45, 7) is 12.6. The molecule has 0 spiro atoms. The number of ether oxygens (including phenoxy) is 2. The molecule has 2 rings (SSSR count). The average molecular weight is 449 g/mol. The number of hydrogen-bond acceptors (Lipinski definition) is 6. The van der Waals surface area contributed by atoms with E-state index in [-0.39, 0.29) is 12.1 Å². The summed E-state index contributed by atoms with van der Waals surface area (Å²) in [7, 11) is 2.99. The van der Waals surface area contributed by atoms with Crippen molar-refractivity contribution in [1.82, 2.24) is 9.80 Å². The van der Waals surface area contributed by atoms with Crippen molar-refractivity contribution < 1.29 is 18.7 Å². The van der Waals surface area contributed by atoms with Crippen LogP contribution in [-0.2, 0) is 16.0 Å². The molecule has 1 aliphatic rings. The molecule has 2 N–H and O–H groups in total. The van der Waals surface area contributed by atoms with Gasteiger partial charge in [-0.15, -0.1) is 0 Å². The maximum atomic E-state index is 14.2. The predicted octanol–water partition coefficient (Wildman–Crippen LogP) is 3.19. The lowest BCUT2D eigenvalue weighted by Gasteiger charge is -2.43. The second-order valence-electron chi connectivity index (χ2n) is 8.56. The van der Waals surface area contributed by atoms with Crippen LogP contribution in [0.25, 0.3) is 0 Å². The number of esters is 1. The van der Waals surface area contributed by atoms with Crippen molar-refractivity contribution in [3.63, 3.8) is 0 Å². The Morgan fingerprint density at radius 2 is 2.09 bits per heavy atom. The van der Waals surface area contributed by atoms with E-state index in [1.165, 1.54) is 25.3 Å². The van der Waals surface area contributed by atoms with Gasteiger partial charge in [-0.2, -0.15) is 0 Å². The lowest BCUT2D eigenvalue weighted by Crippen LogP contribution is -2.53. The minimum atomic E-state index is -0.533. The van der Waals surface area contributed by atoms with Crippen molar-refractivity contribution in [2.24, 2.45) is 10.7 Å². The molecule has 32 heavy (non-hydrogen) atoms. The van der Waals surface area contributed by atoms with Gasteiger partial charge < -0.3 is 15.2 Å². The normalized spacial score (nSPS) is 23.2. The second-order valence-corrected chi connectivity index (χ2v) is 8.56. The van der Waals surface area contributed by atoms with Crippen molar-refractivity contribution >= 4 is 11.8 Å². The molecule has 0 bridgehead atoms. The Kier molecular flexibility index (Phi) is 8.95. The predicted molar refractivity (Wildman–Crippen MR) is 125 cm³/mol. The molecule has 0 radical (unpaired) electrons. The summed E-state index contributed by atoms with van der Waals surface area (Å²) < 4.78 is 24.6. The van der Waals surface area contributed by atoms with Crippen LogP contribution in [0.5, 0.6) is 0 Å². The summed E-state index contributed by atoms with van der Waals surface area (Å²) in [6.07, 6.45) is 1.90. The van der Waals surface area contributed by atoms with Crippen LogP contribution in [0.15, 0.2) is 34.8 Å². The van der Waals surface area contributed by atoms with Gasteiger partial charge in [0.05, 0.1) is 24.9 Å². The number of methoxy groups -OCH3 is 2. The molecule has 1 heterocycles. The zero-order chi connectivity index (χ0) is 24.1. The van der Waals surface area contributed by atoms with Crippen LogP contribution in [0.1, 0.15) is 50.5 Å². The maximum absolute atomic E-state index is 14.2. The van der Waals surface area contributed by atoms with E-state index in [2.05, 4.69) is 28.6 Å². The molecular weight excluding hydrogens is 411 g/mol. The van der Waals surface area contributed by atoms with E-state index < -0.39 is 17.4 Å². The largest absolute Gasteiger partial charge is 0.465 e. The topological polar surface area (TPSA) is 80.4 Å². The molecule has 178 valence electrons. The van der Waals surface area contributed by atoms with Crippen molar-refractivity contribution in [2.75, 3.05) is 33.9 Å². The molecule has 0 aliphatic carbocycles. The number of halogens is 1. The summed E-state index contributed by atoms with van der Waals surface area (Å²) in [5.41, 5.74) is 7.58. The molecule has 0 aromatic heterocycles. The highest BCUT2D eigenvalue weighted by molar-refractivity contribution is 5.92. The summed E-state index contributed by atoms with van der Waals surface area (Å²) in [6, 6.07) is 4.27. The number of rotatable bonds is 9. The van der Waals surface area contributed by atoms with Gasteiger partial charge in [-0.05, 0) is 69.7 Å². The highest BCUT2D eigenvalue weighted by Gasteiger charge is 2.49. The molecule has 1 aliphatic heterocycles. The standard InChI is InChI=1S/C24H37FN4O3/c1-8-28-14-20(15-31-6)29(24(28,5)17(4)11-22(26)27-16(2)3)13-18-12-19(25)9-10-21(18)23(30)32-7/h9-12,16,20H,8,13-15H2,1-7H3,(H2,26,27)/b17-11+/t20-,24+/m1/s1. The van der Waals surface area contributed by atoms with Crippen molar-refractivity contribution in [2.45, 2.75) is 58.9 Å². The number of nitrogens with two attached hydrogens (primary N) is 1. The van der Waals surface area contributed by atoms with Crippen LogP contribution in [0.3, 0.4) is 0 Å². The Labute approximate surface area is 191 Å². The smallest absolute Gasteiger partial charge is 0.338 e. The zero-order valence-corrected chi connectivity index (χ0v) is 20.3. The third kappa shape index (κ3) is 5.54. The minimum Gasteiger partial charge on any atom is -0.465 e. The number of amidine groups is 1. The first-order chi connectivity index (χ1) is 15.1. The highest BCUT2D eigenvalue weighted by atomic mass is 19.1. The van der Waals surface area contributed by atoms with Gasteiger partial charge >= 0.3 is 5.97 Å². The number of carbonyl (C=O) groups is 1. The first kappa shape index (κ1) is 26.0. The maximum Gasteiger partial charge on any atom is 0.338 e. The monoisotopic (exact) mass is 448 g/mol. The van der Waals surface area contributed by atoms with Gasteiger partial charge in [0, 0.05) is 32.3 Å². The van der Waals surface area contributed by atoms with E-state index in [9.17, 15) is 9.18 Å². The van der Waals surface area contributed by atoms with Crippen LogP contribution < -0.4 is 5.73 Å². The Bertz CT molecular complexity index is 871. The fourth-order valence-corrected chi connectivity index (χ4v) is 4.48. The SMILES string of the molecule is CCN1C[C@H](COC)N(Cc2cc(F)ccc2C(=O)OC)[C@@]1(C)/C(C)=C/C(N)=NC(C)C. The third-order valence-electron chi connectivity index (χ3n) is 6.12. The third-order valence-corrected chi connectivity index (χ3v) is 6.12. The number of carbonyl (C=O) groups excluding carboxylic acids is 1. The lowest BCUT2D eigenvalue weighted by molar-refractivity contribution is 0.0301. The highest BCUT2D eigenvalue weighted by Crippen LogP contribution is 2.38. The van der Waals surface area contributed by atoms with E-state index in [1.807, 2.05) is 26.8 Å². The molecule has 1 aromatic carbocycles. The number of benzene rings is 1. The van der Waals surface area contributed by atoms with E-state index in [0.717, 1.165) is 18.7 Å². The summed E-state index contributed by atoms with van der Waals surface area (Å²) >= 11 is 0. The van der Waals surface area contributed by atoms with Gasteiger partial charge in [-0.25, -0.2) is 9.18 Å². The molecule has 8 heteroatoms. The summed E-state index contributed by atoms with van der Waals surface area (Å²) in [5.74, 6) is -0.423. The molecule has 2 atom stereocenters. The van der Waals surface area contributed by atoms with Gasteiger partial charge in [-0.1, -0.05) is 6.92 Å². The number of aliphatic imine (C=N–C) groups is 1. The molecule has 0 unspecified atom stereocenters. The van der Waals surface area contributed by atoms with Gasteiger partial charge in [0.15, 0.2) is 0 Å². The Morgan fingerprint density at radius 3 is 2.66 bits per heavy atom. The fraction of sp³-hybridized carbons (Fsp3) is 0.583. The summed E-state index contributed by atoms with van der Waals surface area (Å²) in [5, 5.41) is 0. The molecule has 0 amide bonds.